The largest absolute Gasteiger partial charge is 0.477 e. The molecule has 11 nitrogen and oxygen atoms in total. The standard InChI is InChI=1S/C39H41FN6O5S/c1-43-15-11-29-35(43)42-24-46(37(29)48)23-39(50)13-17-44(18-14-39)36(47)28-12-16-45(21-30(28)26-5-3-2-4-6-26)38(49)34-31(40)19-32(52-34)27-9-10-33(41-20-27)51-22-25-7-8-25/h2-6,9-11,15,19-20,24-25,28,30,50H,7-8,12-14,16-18,21-23H2,1H3/t28-,30+/m1/s1. The van der Waals surface area contributed by atoms with Gasteiger partial charge >= 0.3 is 0 Å². The number of nitrogens with zero attached hydrogens (tertiary/aromatic N) is 6. The number of ether oxygens (including phenoxy) is 1. The number of pyridine rings is 1. The van der Waals surface area contributed by atoms with Gasteiger partial charge in [-0.15, -0.1) is 11.3 Å². The highest BCUT2D eigenvalue weighted by Gasteiger charge is 2.42. The number of carbonyl (C=O) groups excluding carboxylic acids is 2. The molecule has 2 saturated heterocycles. The van der Waals surface area contributed by atoms with Gasteiger partial charge in [0.15, 0.2) is 0 Å². The van der Waals surface area contributed by atoms with Crippen LogP contribution in [0.25, 0.3) is 21.5 Å². The van der Waals surface area contributed by atoms with Gasteiger partial charge in [0, 0.05) is 74.0 Å². The van der Waals surface area contributed by atoms with E-state index in [1.165, 1.54) is 29.8 Å². The lowest BCUT2D eigenvalue weighted by Crippen LogP contribution is -2.53. The second-order valence-corrected chi connectivity index (χ2v) is 15.5. The maximum absolute atomic E-state index is 15.4. The van der Waals surface area contributed by atoms with Crippen molar-refractivity contribution in [2.75, 3.05) is 32.8 Å². The molecule has 6 heterocycles. The van der Waals surface area contributed by atoms with Crippen molar-refractivity contribution in [3.05, 3.63) is 99.9 Å². The van der Waals surface area contributed by atoms with Crippen molar-refractivity contribution in [1.82, 2.24) is 28.9 Å². The van der Waals surface area contributed by atoms with Gasteiger partial charge in [0.2, 0.25) is 11.8 Å². The molecule has 2 atom stereocenters. The third-order valence-electron chi connectivity index (χ3n) is 10.8. The minimum absolute atomic E-state index is 0.0193. The fraction of sp³-hybridized carbons (Fsp3) is 0.410. The van der Waals surface area contributed by atoms with E-state index in [4.69, 9.17) is 4.74 Å². The molecule has 13 heteroatoms. The van der Waals surface area contributed by atoms with Gasteiger partial charge in [0.1, 0.15) is 22.7 Å². The van der Waals surface area contributed by atoms with Crippen molar-refractivity contribution in [2.24, 2.45) is 18.9 Å². The summed E-state index contributed by atoms with van der Waals surface area (Å²) in [6.45, 7) is 2.03. The summed E-state index contributed by atoms with van der Waals surface area (Å²) in [5.41, 5.74) is 0.876. The van der Waals surface area contributed by atoms with Crippen LogP contribution in [0.2, 0.25) is 0 Å². The Kier molecular flexibility index (Phi) is 9.16. The first-order valence-electron chi connectivity index (χ1n) is 17.9. The molecule has 2 amide bonds. The van der Waals surface area contributed by atoms with Crippen LogP contribution in [0.3, 0.4) is 0 Å². The average molecular weight is 725 g/mol. The molecule has 52 heavy (non-hydrogen) atoms. The van der Waals surface area contributed by atoms with E-state index in [0.717, 1.165) is 16.9 Å². The molecular formula is C39H41FN6O5S. The lowest BCUT2D eigenvalue weighted by atomic mass is 9.79. The van der Waals surface area contributed by atoms with E-state index < -0.39 is 11.4 Å². The monoisotopic (exact) mass is 724 g/mol. The average Bonchev–Trinajstić information content (AvgIpc) is 3.81. The smallest absolute Gasteiger partial charge is 0.266 e. The van der Waals surface area contributed by atoms with E-state index in [9.17, 15) is 19.5 Å². The number of piperidine rings is 2. The number of aliphatic hydroxyl groups is 1. The SMILES string of the molecule is Cn1ccc2c(=O)n(CC3(O)CCN(C(=O)[C@@H]4CCN(C(=O)c5sc(-c6ccc(OCC7CC7)nc6)cc5F)C[C@H]4c4ccccc4)CC3)cnc21. The van der Waals surface area contributed by atoms with Gasteiger partial charge in [0.25, 0.3) is 11.5 Å². The van der Waals surface area contributed by atoms with E-state index in [0.29, 0.717) is 78.8 Å². The first-order chi connectivity index (χ1) is 25.2. The summed E-state index contributed by atoms with van der Waals surface area (Å²) in [5.74, 6) is -0.518. The molecule has 1 N–H and O–H groups in total. The van der Waals surface area contributed by atoms with E-state index in [1.54, 1.807) is 38.9 Å². The second kappa shape index (κ2) is 13.9. The predicted molar refractivity (Wildman–Crippen MR) is 195 cm³/mol. The van der Waals surface area contributed by atoms with Crippen LogP contribution < -0.4 is 10.3 Å². The molecule has 2 aliphatic heterocycles. The number of aromatic nitrogens is 4. The normalized spacial score (nSPS) is 20.3. The van der Waals surface area contributed by atoms with Gasteiger partial charge in [-0.3, -0.25) is 19.0 Å². The highest BCUT2D eigenvalue weighted by atomic mass is 32.1. The number of halogens is 1. The highest BCUT2D eigenvalue weighted by Crippen LogP contribution is 2.38. The predicted octanol–water partition coefficient (Wildman–Crippen LogP) is 5.09. The minimum Gasteiger partial charge on any atom is -0.477 e. The van der Waals surface area contributed by atoms with Crippen LogP contribution in [-0.2, 0) is 18.4 Å². The summed E-state index contributed by atoms with van der Waals surface area (Å²) in [7, 11) is 1.83. The van der Waals surface area contributed by atoms with Gasteiger partial charge in [-0.1, -0.05) is 30.3 Å². The topological polar surface area (TPSA) is 123 Å². The highest BCUT2D eigenvalue weighted by molar-refractivity contribution is 7.17. The lowest BCUT2D eigenvalue weighted by molar-refractivity contribution is -0.142. The van der Waals surface area contributed by atoms with E-state index in [2.05, 4.69) is 9.97 Å². The summed E-state index contributed by atoms with van der Waals surface area (Å²) >= 11 is 1.11. The molecule has 0 spiro atoms. The lowest BCUT2D eigenvalue weighted by Gasteiger charge is -2.43. The Morgan fingerprint density at radius 3 is 2.54 bits per heavy atom. The molecule has 270 valence electrons. The Morgan fingerprint density at radius 2 is 1.81 bits per heavy atom. The van der Waals surface area contributed by atoms with Gasteiger partial charge in [-0.25, -0.2) is 14.4 Å². The van der Waals surface area contributed by atoms with Crippen molar-refractivity contribution in [1.29, 1.82) is 0 Å². The molecule has 3 fully saturated rings. The Bertz CT molecular complexity index is 2150. The fourth-order valence-corrected chi connectivity index (χ4v) is 8.51. The van der Waals surface area contributed by atoms with Crippen LogP contribution >= 0.6 is 11.3 Å². The summed E-state index contributed by atoms with van der Waals surface area (Å²) in [5, 5.41) is 12.0. The van der Waals surface area contributed by atoms with Gasteiger partial charge in [0.05, 0.1) is 24.1 Å². The summed E-state index contributed by atoms with van der Waals surface area (Å²) < 4.78 is 24.3. The minimum atomic E-state index is -1.16. The number of aryl methyl sites for hydroxylation is 1. The Labute approximate surface area is 304 Å². The fourth-order valence-electron chi connectivity index (χ4n) is 7.52. The van der Waals surface area contributed by atoms with Crippen LogP contribution in [0.4, 0.5) is 4.39 Å². The molecule has 1 aliphatic carbocycles. The number of amides is 2. The second-order valence-electron chi connectivity index (χ2n) is 14.5. The van der Waals surface area contributed by atoms with Gasteiger partial charge in [-0.2, -0.15) is 0 Å². The van der Waals surface area contributed by atoms with Crippen LogP contribution in [0.15, 0.2) is 78.1 Å². The van der Waals surface area contributed by atoms with E-state index in [-0.39, 0.29) is 47.2 Å². The quantitative estimate of drug-likeness (QED) is 0.225. The Morgan fingerprint density at radius 1 is 1.02 bits per heavy atom. The summed E-state index contributed by atoms with van der Waals surface area (Å²) in [6, 6.07) is 16.4. The van der Waals surface area contributed by atoms with Crippen molar-refractivity contribution < 1.29 is 23.8 Å². The number of rotatable bonds is 9. The van der Waals surface area contributed by atoms with Crippen LogP contribution in [-0.4, -0.2) is 84.2 Å². The number of hydrogen-bond acceptors (Lipinski definition) is 8. The van der Waals surface area contributed by atoms with Crippen LogP contribution in [0.1, 0.15) is 53.3 Å². The van der Waals surface area contributed by atoms with Crippen molar-refractivity contribution in [3.63, 3.8) is 0 Å². The van der Waals surface area contributed by atoms with Crippen molar-refractivity contribution >= 4 is 34.2 Å². The number of likely N-dealkylation sites (tertiary alicyclic amines) is 2. The Hall–Kier alpha value is -4.88. The number of carbonyl (C=O) groups is 2. The Balaban J connectivity index is 0.939. The van der Waals surface area contributed by atoms with Crippen LogP contribution in [0, 0.1) is 17.7 Å². The third kappa shape index (κ3) is 6.86. The van der Waals surface area contributed by atoms with Gasteiger partial charge in [-0.05, 0) is 61.8 Å². The zero-order chi connectivity index (χ0) is 36.0. The molecular weight excluding hydrogens is 684 g/mol. The molecule has 1 saturated carbocycles. The molecule has 4 aromatic heterocycles. The number of fused-ring (bicyclic) bond motifs is 1. The van der Waals surface area contributed by atoms with E-state index in [1.807, 2.05) is 43.4 Å². The zero-order valence-corrected chi connectivity index (χ0v) is 29.8. The molecule has 1 aromatic carbocycles. The maximum Gasteiger partial charge on any atom is 0.266 e. The molecule has 0 unspecified atom stereocenters. The van der Waals surface area contributed by atoms with E-state index >= 15 is 4.39 Å². The number of benzene rings is 1. The molecule has 5 aromatic rings. The molecule has 0 bridgehead atoms. The maximum atomic E-state index is 15.4. The molecule has 8 rings (SSSR count). The van der Waals surface area contributed by atoms with Crippen molar-refractivity contribution in [3.8, 4) is 16.3 Å². The third-order valence-corrected chi connectivity index (χ3v) is 12.0. The summed E-state index contributed by atoms with van der Waals surface area (Å²) in [4.78, 5) is 54.0. The molecule has 3 aliphatic rings. The van der Waals surface area contributed by atoms with Crippen LogP contribution in [0.5, 0.6) is 5.88 Å². The first-order valence-corrected chi connectivity index (χ1v) is 18.7. The number of thiophene rings is 1. The van der Waals surface area contributed by atoms with Crippen molar-refractivity contribution in [2.45, 2.75) is 50.2 Å². The first kappa shape index (κ1) is 34.2. The molecule has 0 radical (unpaired) electrons. The number of hydrogen-bond donors (Lipinski definition) is 1. The zero-order valence-electron chi connectivity index (χ0n) is 29.0. The van der Waals surface area contributed by atoms with Gasteiger partial charge < -0.3 is 24.2 Å². The summed E-state index contributed by atoms with van der Waals surface area (Å²) in [6.07, 6.45) is 8.33.